The standard InChI is InChI=1S/C14H15ClN2/c1-17(10-11-5-3-2-4-6-11)14-8-7-12(16)9-13(14)15/h2-9H,10,16H2,1H3. The fraction of sp³-hybridized carbons (Fsp3) is 0.143. The van der Waals surface area contributed by atoms with Gasteiger partial charge in [-0.05, 0) is 23.8 Å². The lowest BCUT2D eigenvalue weighted by molar-refractivity contribution is 0.923. The van der Waals surface area contributed by atoms with Crippen LogP contribution < -0.4 is 10.6 Å². The molecule has 0 amide bonds. The van der Waals surface area contributed by atoms with E-state index in [0.717, 1.165) is 12.2 Å². The maximum absolute atomic E-state index is 6.17. The topological polar surface area (TPSA) is 29.3 Å². The smallest absolute Gasteiger partial charge is 0.0660 e. The van der Waals surface area contributed by atoms with Gasteiger partial charge in [-0.25, -0.2) is 0 Å². The monoisotopic (exact) mass is 246 g/mol. The molecule has 88 valence electrons. The molecule has 2 N–H and O–H groups in total. The minimum Gasteiger partial charge on any atom is -0.399 e. The average molecular weight is 247 g/mol. The fourth-order valence-electron chi connectivity index (χ4n) is 1.78. The van der Waals surface area contributed by atoms with E-state index in [0.29, 0.717) is 10.7 Å². The third-order valence-corrected chi connectivity index (χ3v) is 2.95. The molecule has 0 atom stereocenters. The maximum atomic E-state index is 6.17. The van der Waals surface area contributed by atoms with Crippen LogP contribution in [0.4, 0.5) is 11.4 Å². The van der Waals surface area contributed by atoms with Gasteiger partial charge in [-0.3, -0.25) is 0 Å². The van der Waals surface area contributed by atoms with Gasteiger partial charge in [-0.1, -0.05) is 41.9 Å². The largest absolute Gasteiger partial charge is 0.399 e. The highest BCUT2D eigenvalue weighted by molar-refractivity contribution is 6.33. The summed E-state index contributed by atoms with van der Waals surface area (Å²) < 4.78 is 0. The molecule has 0 saturated carbocycles. The van der Waals surface area contributed by atoms with Crippen LogP contribution in [0.25, 0.3) is 0 Å². The fourth-order valence-corrected chi connectivity index (χ4v) is 2.11. The van der Waals surface area contributed by atoms with Crippen molar-refractivity contribution in [2.75, 3.05) is 17.7 Å². The van der Waals surface area contributed by atoms with Crippen molar-refractivity contribution in [2.45, 2.75) is 6.54 Å². The van der Waals surface area contributed by atoms with Gasteiger partial charge in [0.2, 0.25) is 0 Å². The summed E-state index contributed by atoms with van der Waals surface area (Å²) in [6.45, 7) is 0.824. The van der Waals surface area contributed by atoms with E-state index in [-0.39, 0.29) is 0 Å². The van der Waals surface area contributed by atoms with Crippen LogP contribution in [0.3, 0.4) is 0 Å². The average Bonchev–Trinajstić information content (AvgIpc) is 2.30. The Bertz CT molecular complexity index is 497. The molecular formula is C14H15ClN2. The molecule has 0 heterocycles. The Labute approximate surface area is 107 Å². The summed E-state index contributed by atoms with van der Waals surface area (Å²) in [5.41, 5.74) is 8.61. The maximum Gasteiger partial charge on any atom is 0.0660 e. The number of halogens is 1. The second kappa shape index (κ2) is 5.11. The molecule has 0 bridgehead atoms. The van der Waals surface area contributed by atoms with Crippen molar-refractivity contribution in [1.29, 1.82) is 0 Å². The summed E-state index contributed by atoms with van der Waals surface area (Å²) in [6, 6.07) is 15.9. The Morgan fingerprint density at radius 3 is 2.47 bits per heavy atom. The highest BCUT2D eigenvalue weighted by atomic mass is 35.5. The molecule has 2 nitrogen and oxygen atoms in total. The quantitative estimate of drug-likeness (QED) is 0.840. The van der Waals surface area contributed by atoms with Gasteiger partial charge in [0.1, 0.15) is 0 Å². The zero-order valence-electron chi connectivity index (χ0n) is 9.73. The second-order valence-corrected chi connectivity index (χ2v) is 4.46. The number of nitrogens with two attached hydrogens (primary N) is 1. The van der Waals surface area contributed by atoms with Crippen molar-refractivity contribution in [1.82, 2.24) is 0 Å². The molecule has 0 unspecified atom stereocenters. The molecule has 2 aromatic carbocycles. The predicted octanol–water partition coefficient (Wildman–Crippen LogP) is 3.56. The minimum absolute atomic E-state index is 0.684. The summed E-state index contributed by atoms with van der Waals surface area (Å²) in [4.78, 5) is 2.11. The van der Waals surface area contributed by atoms with Crippen molar-refractivity contribution in [2.24, 2.45) is 0 Å². The molecule has 17 heavy (non-hydrogen) atoms. The Kier molecular flexibility index (Phi) is 3.55. The summed E-state index contributed by atoms with van der Waals surface area (Å²) in [7, 11) is 2.02. The Morgan fingerprint density at radius 1 is 1.12 bits per heavy atom. The van der Waals surface area contributed by atoms with E-state index in [9.17, 15) is 0 Å². The van der Waals surface area contributed by atoms with E-state index >= 15 is 0 Å². The second-order valence-electron chi connectivity index (χ2n) is 4.05. The minimum atomic E-state index is 0.684. The summed E-state index contributed by atoms with van der Waals surface area (Å²) in [6.07, 6.45) is 0. The summed E-state index contributed by atoms with van der Waals surface area (Å²) >= 11 is 6.17. The SMILES string of the molecule is CN(Cc1ccccc1)c1ccc(N)cc1Cl. The van der Waals surface area contributed by atoms with E-state index < -0.39 is 0 Å². The number of hydrogen-bond donors (Lipinski definition) is 1. The number of anilines is 2. The molecule has 0 aliphatic rings. The van der Waals surface area contributed by atoms with Crippen molar-refractivity contribution >= 4 is 23.0 Å². The molecule has 0 fully saturated rings. The van der Waals surface area contributed by atoms with Crippen LogP contribution in [-0.4, -0.2) is 7.05 Å². The van der Waals surface area contributed by atoms with Gasteiger partial charge in [0.05, 0.1) is 10.7 Å². The lowest BCUT2D eigenvalue weighted by Gasteiger charge is -2.20. The van der Waals surface area contributed by atoms with Gasteiger partial charge in [0, 0.05) is 19.3 Å². The summed E-state index contributed by atoms with van der Waals surface area (Å²) in [5.74, 6) is 0. The molecule has 2 aromatic rings. The van der Waals surface area contributed by atoms with E-state index in [1.54, 1.807) is 6.07 Å². The van der Waals surface area contributed by atoms with Crippen molar-refractivity contribution in [3.8, 4) is 0 Å². The van der Waals surface area contributed by atoms with Gasteiger partial charge < -0.3 is 10.6 Å². The first-order chi connectivity index (χ1) is 8.16. The van der Waals surface area contributed by atoms with Gasteiger partial charge >= 0.3 is 0 Å². The van der Waals surface area contributed by atoms with Gasteiger partial charge in [-0.2, -0.15) is 0 Å². The van der Waals surface area contributed by atoms with Gasteiger partial charge in [0.25, 0.3) is 0 Å². The molecular weight excluding hydrogens is 232 g/mol. The first kappa shape index (κ1) is 11.8. The Hall–Kier alpha value is -1.67. The lowest BCUT2D eigenvalue weighted by atomic mass is 10.2. The number of benzene rings is 2. The van der Waals surface area contributed by atoms with E-state index in [4.69, 9.17) is 17.3 Å². The van der Waals surface area contributed by atoms with Gasteiger partial charge in [-0.15, -0.1) is 0 Å². The third-order valence-electron chi connectivity index (χ3n) is 2.65. The highest BCUT2D eigenvalue weighted by Crippen LogP contribution is 2.27. The number of hydrogen-bond acceptors (Lipinski definition) is 2. The molecule has 0 aromatic heterocycles. The van der Waals surface area contributed by atoms with Crippen LogP contribution in [0.15, 0.2) is 48.5 Å². The first-order valence-corrected chi connectivity index (χ1v) is 5.84. The van der Waals surface area contributed by atoms with Crippen molar-refractivity contribution in [3.05, 3.63) is 59.1 Å². The van der Waals surface area contributed by atoms with Crippen LogP contribution in [0.5, 0.6) is 0 Å². The van der Waals surface area contributed by atoms with Crippen LogP contribution in [-0.2, 0) is 6.54 Å². The molecule has 3 heteroatoms. The summed E-state index contributed by atoms with van der Waals surface area (Å²) in [5, 5.41) is 0.684. The van der Waals surface area contributed by atoms with E-state index in [1.165, 1.54) is 5.56 Å². The molecule has 2 rings (SSSR count). The number of rotatable bonds is 3. The third kappa shape index (κ3) is 2.92. The van der Waals surface area contributed by atoms with Crippen LogP contribution in [0, 0.1) is 0 Å². The lowest BCUT2D eigenvalue weighted by Crippen LogP contribution is -2.16. The van der Waals surface area contributed by atoms with E-state index in [1.807, 2.05) is 37.4 Å². The first-order valence-electron chi connectivity index (χ1n) is 5.47. The predicted molar refractivity (Wildman–Crippen MR) is 74.4 cm³/mol. The Balaban J connectivity index is 2.17. The Morgan fingerprint density at radius 2 is 1.82 bits per heavy atom. The zero-order chi connectivity index (χ0) is 12.3. The highest BCUT2D eigenvalue weighted by Gasteiger charge is 2.06. The number of nitrogens with zero attached hydrogens (tertiary/aromatic N) is 1. The van der Waals surface area contributed by atoms with Crippen LogP contribution in [0.2, 0.25) is 5.02 Å². The van der Waals surface area contributed by atoms with Crippen LogP contribution >= 0.6 is 11.6 Å². The van der Waals surface area contributed by atoms with E-state index in [2.05, 4.69) is 17.0 Å². The molecule has 0 radical (unpaired) electrons. The normalized spacial score (nSPS) is 10.2. The van der Waals surface area contributed by atoms with Crippen LogP contribution in [0.1, 0.15) is 5.56 Å². The zero-order valence-corrected chi connectivity index (χ0v) is 10.5. The molecule has 0 spiro atoms. The molecule has 0 aliphatic heterocycles. The van der Waals surface area contributed by atoms with Crippen molar-refractivity contribution in [3.63, 3.8) is 0 Å². The molecule has 0 aliphatic carbocycles. The van der Waals surface area contributed by atoms with Gasteiger partial charge in [0.15, 0.2) is 0 Å². The van der Waals surface area contributed by atoms with Crippen molar-refractivity contribution < 1.29 is 0 Å². The molecule has 0 saturated heterocycles. The number of nitrogen functional groups attached to an aromatic ring is 1.